The zero-order valence-corrected chi connectivity index (χ0v) is 7.75. The van der Waals surface area contributed by atoms with Crippen LogP contribution in [-0.2, 0) is 0 Å². The average Bonchev–Trinajstić information content (AvgIpc) is 2.39. The summed E-state index contributed by atoms with van der Waals surface area (Å²) in [5.41, 5.74) is 5.42. The number of anilines is 1. The molecule has 0 saturated heterocycles. The summed E-state index contributed by atoms with van der Waals surface area (Å²) in [5, 5.41) is 20.4. The van der Waals surface area contributed by atoms with Crippen molar-refractivity contribution in [3.63, 3.8) is 0 Å². The Balaban J connectivity index is 2.84. The molecule has 0 amide bonds. The van der Waals surface area contributed by atoms with E-state index in [4.69, 9.17) is 10.8 Å². The molecule has 3 N–H and O–H groups in total. The van der Waals surface area contributed by atoms with E-state index in [1.54, 1.807) is 0 Å². The van der Waals surface area contributed by atoms with Crippen molar-refractivity contribution in [1.82, 2.24) is 0 Å². The van der Waals surface area contributed by atoms with E-state index in [0.717, 1.165) is 11.3 Å². The molecule has 0 bridgehead atoms. The number of thiophene rings is 1. The van der Waals surface area contributed by atoms with Crippen LogP contribution < -0.4 is 5.73 Å². The first-order valence-electron chi connectivity index (χ1n) is 3.75. The van der Waals surface area contributed by atoms with Crippen LogP contribution in [-0.4, -0.2) is 10.0 Å². The number of nitro groups is 1. The van der Waals surface area contributed by atoms with Crippen LogP contribution in [0.3, 0.4) is 0 Å². The minimum atomic E-state index is -0.509. The van der Waals surface area contributed by atoms with Gasteiger partial charge in [-0.2, -0.15) is 0 Å². The summed E-state index contributed by atoms with van der Waals surface area (Å²) in [6, 6.07) is 4.36. The lowest BCUT2D eigenvalue weighted by atomic mass is 10.2. The molecule has 0 unspecified atom stereocenters. The minimum Gasteiger partial charge on any atom is -0.508 e. The van der Waals surface area contributed by atoms with Crippen LogP contribution in [0.15, 0.2) is 18.2 Å². The summed E-state index contributed by atoms with van der Waals surface area (Å²) >= 11 is 1.10. The highest BCUT2D eigenvalue weighted by molar-refractivity contribution is 7.23. The summed E-state index contributed by atoms with van der Waals surface area (Å²) < 4.78 is 0.620. The van der Waals surface area contributed by atoms with Crippen LogP contribution in [0.1, 0.15) is 0 Å². The van der Waals surface area contributed by atoms with E-state index in [1.165, 1.54) is 18.2 Å². The molecule has 0 radical (unpaired) electrons. The lowest BCUT2D eigenvalue weighted by Gasteiger charge is -1.91. The second kappa shape index (κ2) is 2.85. The number of hydrogen-bond donors (Lipinski definition) is 2. The lowest BCUT2D eigenvalue weighted by Crippen LogP contribution is -1.90. The number of rotatable bonds is 1. The number of nitrogen functional groups attached to an aromatic ring is 1. The number of nitrogens with zero attached hydrogens (tertiary/aromatic N) is 1. The molecule has 0 atom stereocenters. The Morgan fingerprint density at radius 2 is 2.21 bits per heavy atom. The molecule has 72 valence electrons. The fourth-order valence-corrected chi connectivity index (χ4v) is 2.25. The molecule has 0 aliphatic carbocycles. The number of fused-ring (bicyclic) bond motifs is 1. The summed E-state index contributed by atoms with van der Waals surface area (Å²) in [7, 11) is 0. The van der Waals surface area contributed by atoms with E-state index < -0.39 is 4.92 Å². The Bertz CT molecular complexity index is 521. The van der Waals surface area contributed by atoms with Gasteiger partial charge in [0.1, 0.15) is 5.75 Å². The van der Waals surface area contributed by atoms with E-state index in [0.29, 0.717) is 10.1 Å². The van der Waals surface area contributed by atoms with E-state index in [2.05, 4.69) is 0 Å². The monoisotopic (exact) mass is 210 g/mol. The normalized spacial score (nSPS) is 10.6. The molecule has 1 aromatic carbocycles. The summed E-state index contributed by atoms with van der Waals surface area (Å²) in [6.45, 7) is 0. The van der Waals surface area contributed by atoms with Crippen molar-refractivity contribution in [2.24, 2.45) is 0 Å². The topological polar surface area (TPSA) is 89.4 Å². The van der Waals surface area contributed by atoms with Gasteiger partial charge in [-0.15, -0.1) is 11.3 Å². The molecule has 0 fully saturated rings. The first-order chi connectivity index (χ1) is 6.59. The SMILES string of the molecule is Nc1sc2cc(O)ccc2c1[N+](=O)[O-]. The average molecular weight is 210 g/mol. The molecule has 1 aromatic heterocycles. The number of aromatic hydroxyl groups is 1. The molecule has 0 spiro atoms. The van der Waals surface area contributed by atoms with Gasteiger partial charge in [-0.3, -0.25) is 10.1 Å². The minimum absolute atomic E-state index is 0.0775. The zero-order valence-electron chi connectivity index (χ0n) is 6.93. The van der Waals surface area contributed by atoms with Gasteiger partial charge in [0.15, 0.2) is 5.00 Å². The third kappa shape index (κ3) is 1.16. The van der Waals surface area contributed by atoms with Gasteiger partial charge in [-0.25, -0.2) is 0 Å². The number of phenolic OH excluding ortho intramolecular Hbond substituents is 1. The second-order valence-electron chi connectivity index (χ2n) is 2.75. The van der Waals surface area contributed by atoms with Crippen LogP contribution in [0.2, 0.25) is 0 Å². The van der Waals surface area contributed by atoms with Crippen molar-refractivity contribution in [3.8, 4) is 5.75 Å². The van der Waals surface area contributed by atoms with Crippen molar-refractivity contribution < 1.29 is 10.0 Å². The van der Waals surface area contributed by atoms with Gasteiger partial charge >= 0.3 is 5.69 Å². The van der Waals surface area contributed by atoms with Crippen molar-refractivity contribution in [1.29, 1.82) is 0 Å². The van der Waals surface area contributed by atoms with Crippen LogP contribution >= 0.6 is 11.3 Å². The molecule has 0 aliphatic rings. The predicted molar refractivity (Wildman–Crippen MR) is 54.6 cm³/mol. The van der Waals surface area contributed by atoms with Crippen LogP contribution in [0.25, 0.3) is 10.1 Å². The molecule has 14 heavy (non-hydrogen) atoms. The number of benzene rings is 1. The van der Waals surface area contributed by atoms with Crippen molar-refractivity contribution >= 4 is 32.1 Å². The Labute approximate surface area is 82.5 Å². The fourth-order valence-electron chi connectivity index (χ4n) is 1.28. The van der Waals surface area contributed by atoms with Gasteiger partial charge in [0, 0.05) is 4.70 Å². The first-order valence-corrected chi connectivity index (χ1v) is 4.56. The lowest BCUT2D eigenvalue weighted by molar-refractivity contribution is -0.381. The van der Waals surface area contributed by atoms with Gasteiger partial charge < -0.3 is 10.8 Å². The Morgan fingerprint density at radius 1 is 1.50 bits per heavy atom. The highest BCUT2D eigenvalue weighted by Gasteiger charge is 2.19. The fraction of sp³-hybridized carbons (Fsp3) is 0. The molecule has 1 heterocycles. The van der Waals surface area contributed by atoms with Crippen LogP contribution in [0.4, 0.5) is 10.7 Å². The third-order valence-electron chi connectivity index (χ3n) is 1.86. The quantitative estimate of drug-likeness (QED) is 0.557. The molecule has 2 aromatic rings. The van der Waals surface area contributed by atoms with Gasteiger partial charge in [-0.05, 0) is 18.2 Å². The molecule has 5 nitrogen and oxygen atoms in total. The zero-order chi connectivity index (χ0) is 10.3. The number of phenols is 1. The van der Waals surface area contributed by atoms with E-state index in [-0.39, 0.29) is 16.4 Å². The van der Waals surface area contributed by atoms with E-state index in [9.17, 15) is 10.1 Å². The number of nitrogens with two attached hydrogens (primary N) is 1. The highest BCUT2D eigenvalue weighted by Crippen LogP contribution is 2.40. The van der Waals surface area contributed by atoms with Crippen molar-refractivity contribution in [2.45, 2.75) is 0 Å². The Morgan fingerprint density at radius 3 is 2.86 bits per heavy atom. The molecule has 0 aliphatic heterocycles. The molecule has 2 rings (SSSR count). The molecule has 0 saturated carbocycles. The van der Waals surface area contributed by atoms with E-state index >= 15 is 0 Å². The maximum absolute atomic E-state index is 10.7. The number of hydrogen-bond acceptors (Lipinski definition) is 5. The maximum Gasteiger partial charge on any atom is 0.311 e. The second-order valence-corrected chi connectivity index (χ2v) is 3.84. The van der Waals surface area contributed by atoms with Gasteiger partial charge in [0.2, 0.25) is 0 Å². The summed E-state index contributed by atoms with van der Waals surface area (Å²) in [6.07, 6.45) is 0. The van der Waals surface area contributed by atoms with Crippen LogP contribution in [0, 0.1) is 10.1 Å². The largest absolute Gasteiger partial charge is 0.508 e. The predicted octanol–water partition coefficient (Wildman–Crippen LogP) is 2.10. The molecular weight excluding hydrogens is 204 g/mol. The highest BCUT2D eigenvalue weighted by atomic mass is 32.1. The molecular formula is C8H6N2O3S. The van der Waals surface area contributed by atoms with Crippen molar-refractivity contribution in [3.05, 3.63) is 28.3 Å². The summed E-state index contributed by atoms with van der Waals surface area (Å²) in [4.78, 5) is 10.1. The van der Waals surface area contributed by atoms with Crippen LogP contribution in [0.5, 0.6) is 5.75 Å². The maximum atomic E-state index is 10.7. The Kier molecular flexibility index (Phi) is 1.78. The van der Waals surface area contributed by atoms with Gasteiger partial charge in [0.25, 0.3) is 0 Å². The first kappa shape index (κ1) is 8.76. The van der Waals surface area contributed by atoms with E-state index in [1.807, 2.05) is 0 Å². The van der Waals surface area contributed by atoms with Gasteiger partial charge in [0.05, 0.1) is 10.3 Å². The third-order valence-corrected chi connectivity index (χ3v) is 2.83. The Hall–Kier alpha value is -1.82. The smallest absolute Gasteiger partial charge is 0.311 e. The summed E-state index contributed by atoms with van der Waals surface area (Å²) in [5.74, 6) is 0.0775. The standard InChI is InChI=1S/C8H6N2O3S/c9-8-7(10(12)13)5-2-1-4(11)3-6(5)14-8/h1-3,11H,9H2. The van der Waals surface area contributed by atoms with Gasteiger partial charge in [-0.1, -0.05) is 0 Å². The molecule has 6 heteroatoms. The van der Waals surface area contributed by atoms with Crippen molar-refractivity contribution in [2.75, 3.05) is 5.73 Å².